The number of hydrogen-bond donors (Lipinski definition) is 1. The predicted molar refractivity (Wildman–Crippen MR) is 78.6 cm³/mol. The second-order valence-corrected chi connectivity index (χ2v) is 5.86. The molecular formula is C13H9IO6. The fourth-order valence-corrected chi connectivity index (χ4v) is 1.63. The van der Waals surface area contributed by atoms with Crippen LogP contribution in [-0.4, -0.2) is 21.0 Å². The molecule has 0 amide bonds. The Morgan fingerprint density at radius 3 is 2.65 bits per heavy atom. The summed E-state index contributed by atoms with van der Waals surface area (Å²) in [6.45, 7) is 1.68. The van der Waals surface area contributed by atoms with E-state index in [1.807, 2.05) is 22.6 Å². The summed E-state index contributed by atoms with van der Waals surface area (Å²) >= 11 is 1.92. The minimum absolute atomic E-state index is 0.159. The van der Waals surface area contributed by atoms with E-state index >= 15 is 0 Å². The molecule has 2 rings (SSSR count). The van der Waals surface area contributed by atoms with Gasteiger partial charge in [-0.15, -0.1) is 0 Å². The molecule has 0 aliphatic heterocycles. The Balaban J connectivity index is 2.45. The van der Waals surface area contributed by atoms with E-state index in [2.05, 4.69) is 0 Å². The highest BCUT2D eigenvalue weighted by Gasteiger charge is 2.14. The number of esters is 1. The Kier molecular flexibility index (Phi) is 4.07. The van der Waals surface area contributed by atoms with Gasteiger partial charge in [-0.1, -0.05) is 22.6 Å². The molecule has 6 nitrogen and oxygen atoms in total. The second kappa shape index (κ2) is 5.61. The monoisotopic (exact) mass is 388 g/mol. The molecule has 0 saturated heterocycles. The van der Waals surface area contributed by atoms with Gasteiger partial charge in [-0.2, -0.15) is 0 Å². The van der Waals surface area contributed by atoms with Crippen LogP contribution in [0.2, 0.25) is 0 Å². The molecule has 0 spiro atoms. The third kappa shape index (κ3) is 2.98. The molecule has 0 aliphatic carbocycles. The lowest BCUT2D eigenvalue weighted by Gasteiger charge is -2.06. The summed E-state index contributed by atoms with van der Waals surface area (Å²) < 4.78 is 9.67. The largest absolute Gasteiger partial charge is 0.477 e. The molecular weight excluding hydrogens is 379 g/mol. The van der Waals surface area contributed by atoms with E-state index in [1.165, 1.54) is 24.3 Å². The van der Waals surface area contributed by atoms with Gasteiger partial charge in [0.05, 0.1) is 0 Å². The van der Waals surface area contributed by atoms with Crippen molar-refractivity contribution in [3.05, 3.63) is 40.2 Å². The molecule has 1 heterocycles. The van der Waals surface area contributed by atoms with Gasteiger partial charge < -0.3 is 14.3 Å². The van der Waals surface area contributed by atoms with E-state index in [0.717, 1.165) is 0 Å². The summed E-state index contributed by atoms with van der Waals surface area (Å²) in [5.41, 5.74) is -1.23. The molecule has 0 bridgehead atoms. The first-order valence-corrected chi connectivity index (χ1v) is 6.80. The van der Waals surface area contributed by atoms with Crippen molar-refractivity contribution in [3.63, 3.8) is 0 Å². The number of fused-ring (bicyclic) bond motifs is 1. The van der Waals surface area contributed by atoms with Crippen LogP contribution in [-0.2, 0) is 4.79 Å². The average molecular weight is 388 g/mol. The van der Waals surface area contributed by atoms with Crippen LogP contribution in [0.3, 0.4) is 0 Å². The third-order valence-electron chi connectivity index (χ3n) is 2.48. The van der Waals surface area contributed by atoms with Crippen molar-refractivity contribution in [1.29, 1.82) is 0 Å². The minimum Gasteiger partial charge on any atom is -0.477 e. The SMILES string of the molecule is CC(I)C(=O)Oc1ccc2cc(C(=O)O)c(=O)oc2c1. The van der Waals surface area contributed by atoms with Gasteiger partial charge >= 0.3 is 17.6 Å². The van der Waals surface area contributed by atoms with Crippen LogP contribution in [0, 0.1) is 0 Å². The molecule has 0 saturated carbocycles. The number of aromatic carboxylic acids is 1. The van der Waals surface area contributed by atoms with Crippen LogP contribution in [0.15, 0.2) is 33.5 Å². The lowest BCUT2D eigenvalue weighted by molar-refractivity contribution is -0.133. The highest BCUT2D eigenvalue weighted by molar-refractivity contribution is 14.1. The number of rotatable bonds is 3. The van der Waals surface area contributed by atoms with Crippen LogP contribution < -0.4 is 10.4 Å². The Hall–Kier alpha value is -1.90. The summed E-state index contributed by atoms with van der Waals surface area (Å²) in [6, 6.07) is 5.62. The quantitative estimate of drug-likeness (QED) is 0.285. The Labute approximate surface area is 126 Å². The number of benzene rings is 1. The normalized spacial score (nSPS) is 12.1. The van der Waals surface area contributed by atoms with Gasteiger partial charge in [0.2, 0.25) is 0 Å². The summed E-state index contributed by atoms with van der Waals surface area (Å²) in [4.78, 5) is 33.7. The van der Waals surface area contributed by atoms with Crippen LogP contribution in [0.4, 0.5) is 0 Å². The number of carboxylic acid groups (broad SMARTS) is 1. The molecule has 7 heteroatoms. The zero-order valence-corrected chi connectivity index (χ0v) is 12.4. The van der Waals surface area contributed by atoms with Crippen molar-refractivity contribution >= 4 is 45.5 Å². The Bertz CT molecular complexity index is 746. The van der Waals surface area contributed by atoms with E-state index in [0.29, 0.717) is 5.39 Å². The van der Waals surface area contributed by atoms with Gasteiger partial charge in [0, 0.05) is 11.5 Å². The van der Waals surface area contributed by atoms with Crippen molar-refractivity contribution in [3.8, 4) is 5.75 Å². The van der Waals surface area contributed by atoms with Crippen molar-refractivity contribution in [1.82, 2.24) is 0 Å². The zero-order chi connectivity index (χ0) is 14.9. The molecule has 2 aromatic rings. The molecule has 1 atom stereocenters. The van der Waals surface area contributed by atoms with Gasteiger partial charge in [0.15, 0.2) is 0 Å². The van der Waals surface area contributed by atoms with E-state index in [1.54, 1.807) is 6.92 Å². The zero-order valence-electron chi connectivity index (χ0n) is 10.3. The lowest BCUT2D eigenvalue weighted by Crippen LogP contribution is -2.17. The highest BCUT2D eigenvalue weighted by atomic mass is 127. The summed E-state index contributed by atoms with van der Waals surface area (Å²) in [5, 5.41) is 9.26. The first kappa shape index (κ1) is 14.5. The van der Waals surface area contributed by atoms with Crippen molar-refractivity contribution in [2.45, 2.75) is 10.8 Å². The summed E-state index contributed by atoms with van der Waals surface area (Å²) in [7, 11) is 0. The lowest BCUT2D eigenvalue weighted by atomic mass is 10.2. The number of carbonyl (C=O) groups excluding carboxylic acids is 1. The van der Waals surface area contributed by atoms with Crippen LogP contribution in [0.25, 0.3) is 11.0 Å². The van der Waals surface area contributed by atoms with Crippen LogP contribution in [0.1, 0.15) is 17.3 Å². The molecule has 0 aliphatic rings. The Morgan fingerprint density at radius 1 is 1.35 bits per heavy atom. The summed E-state index contributed by atoms with van der Waals surface area (Å²) in [6.07, 6.45) is 0. The molecule has 0 radical (unpaired) electrons. The third-order valence-corrected chi connectivity index (χ3v) is 2.99. The van der Waals surface area contributed by atoms with E-state index in [4.69, 9.17) is 14.3 Å². The maximum absolute atomic E-state index is 11.5. The average Bonchev–Trinajstić information content (AvgIpc) is 2.37. The van der Waals surface area contributed by atoms with Gasteiger partial charge in [0.1, 0.15) is 20.8 Å². The second-order valence-electron chi connectivity index (χ2n) is 3.99. The first-order chi connectivity index (χ1) is 9.38. The fraction of sp³-hybridized carbons (Fsp3) is 0.154. The van der Waals surface area contributed by atoms with Crippen molar-refractivity contribution < 1.29 is 23.8 Å². The molecule has 1 N–H and O–H groups in total. The van der Waals surface area contributed by atoms with Crippen LogP contribution >= 0.6 is 22.6 Å². The molecule has 104 valence electrons. The number of ether oxygens (including phenoxy) is 1. The number of carboxylic acids is 1. The van der Waals surface area contributed by atoms with E-state index in [-0.39, 0.29) is 15.3 Å². The number of alkyl halides is 1. The molecule has 1 aromatic heterocycles. The topological polar surface area (TPSA) is 93.8 Å². The summed E-state index contributed by atoms with van der Waals surface area (Å²) in [5.74, 6) is -1.54. The van der Waals surface area contributed by atoms with Crippen molar-refractivity contribution in [2.24, 2.45) is 0 Å². The Morgan fingerprint density at radius 2 is 2.05 bits per heavy atom. The first-order valence-electron chi connectivity index (χ1n) is 5.55. The standard InChI is InChI=1S/C13H9IO6/c1-6(14)12(17)19-8-3-2-7-4-9(11(15)16)13(18)20-10(7)5-8/h2-6H,1H3,(H,15,16). The number of halogens is 1. The minimum atomic E-state index is -1.35. The number of carbonyl (C=O) groups is 2. The fourth-order valence-electron chi connectivity index (χ4n) is 1.50. The van der Waals surface area contributed by atoms with Gasteiger partial charge in [-0.3, -0.25) is 4.79 Å². The molecule has 1 unspecified atom stereocenters. The van der Waals surface area contributed by atoms with Gasteiger partial charge in [0.25, 0.3) is 0 Å². The van der Waals surface area contributed by atoms with E-state index in [9.17, 15) is 14.4 Å². The maximum atomic E-state index is 11.5. The van der Waals surface area contributed by atoms with Gasteiger partial charge in [-0.05, 0) is 25.1 Å². The molecule has 1 aromatic carbocycles. The molecule has 20 heavy (non-hydrogen) atoms. The van der Waals surface area contributed by atoms with E-state index < -0.39 is 23.1 Å². The van der Waals surface area contributed by atoms with Gasteiger partial charge in [-0.25, -0.2) is 9.59 Å². The maximum Gasteiger partial charge on any atom is 0.351 e. The number of hydrogen-bond acceptors (Lipinski definition) is 5. The highest BCUT2D eigenvalue weighted by Crippen LogP contribution is 2.21. The smallest absolute Gasteiger partial charge is 0.351 e. The molecule has 0 fully saturated rings. The van der Waals surface area contributed by atoms with Crippen LogP contribution in [0.5, 0.6) is 5.75 Å². The predicted octanol–water partition coefficient (Wildman–Crippen LogP) is 2.22. The van der Waals surface area contributed by atoms with Crippen molar-refractivity contribution in [2.75, 3.05) is 0 Å².